The fourth-order valence-corrected chi connectivity index (χ4v) is 3.54. The molecule has 3 rings (SSSR count). The number of nitrogens with one attached hydrogen (secondary N) is 1. The second-order valence-corrected chi connectivity index (χ2v) is 8.04. The molecule has 0 bridgehead atoms. The van der Waals surface area contributed by atoms with E-state index < -0.39 is 11.7 Å². The van der Waals surface area contributed by atoms with Gasteiger partial charge in [-0.25, -0.2) is 9.78 Å². The Bertz CT molecular complexity index is 756. The van der Waals surface area contributed by atoms with Gasteiger partial charge in [-0.2, -0.15) is 0 Å². The number of piperidine rings is 1. The van der Waals surface area contributed by atoms with Crippen molar-refractivity contribution >= 4 is 11.9 Å². The second kappa shape index (κ2) is 8.53. The summed E-state index contributed by atoms with van der Waals surface area (Å²) in [5.41, 5.74) is 1.82. The minimum Gasteiger partial charge on any atom is -0.444 e. The zero-order valence-electron chi connectivity index (χ0n) is 16.4. The van der Waals surface area contributed by atoms with Crippen molar-refractivity contribution in [2.45, 2.75) is 58.2 Å². The maximum Gasteiger partial charge on any atom is 0.413 e. The van der Waals surface area contributed by atoms with Crippen LogP contribution in [-0.2, 0) is 11.3 Å². The van der Waals surface area contributed by atoms with Gasteiger partial charge in [-0.05, 0) is 51.8 Å². The van der Waals surface area contributed by atoms with E-state index in [0.717, 1.165) is 25.1 Å². The van der Waals surface area contributed by atoms with Gasteiger partial charge in [0.1, 0.15) is 11.4 Å². The Kier molecular flexibility index (Phi) is 6.11. The van der Waals surface area contributed by atoms with Gasteiger partial charge in [-0.1, -0.05) is 42.8 Å². The number of benzene rings is 1. The predicted molar refractivity (Wildman–Crippen MR) is 108 cm³/mol. The molecule has 2 aromatic rings. The summed E-state index contributed by atoms with van der Waals surface area (Å²) in [7, 11) is 0. The fourth-order valence-electron chi connectivity index (χ4n) is 3.54. The molecule has 0 spiro atoms. The molecule has 27 heavy (non-hydrogen) atoms. The lowest BCUT2D eigenvalue weighted by atomic mass is 9.95. The van der Waals surface area contributed by atoms with Gasteiger partial charge in [0.05, 0.1) is 0 Å². The third-order valence-corrected chi connectivity index (χ3v) is 4.66. The molecular formula is C22H29N3O2. The minimum atomic E-state index is -0.538. The van der Waals surface area contributed by atoms with Crippen molar-refractivity contribution in [3.63, 3.8) is 0 Å². The van der Waals surface area contributed by atoms with Crippen LogP contribution in [0.2, 0.25) is 0 Å². The molecule has 1 aliphatic rings. The van der Waals surface area contributed by atoms with Crippen LogP contribution in [0.3, 0.4) is 0 Å². The van der Waals surface area contributed by atoms with Crippen molar-refractivity contribution in [1.82, 2.24) is 9.88 Å². The Hall–Kier alpha value is -2.40. The molecule has 144 valence electrons. The number of aromatic nitrogens is 1. The number of carbonyl (C=O) groups is 1. The molecule has 5 nitrogen and oxygen atoms in total. The quantitative estimate of drug-likeness (QED) is 0.811. The van der Waals surface area contributed by atoms with Crippen LogP contribution in [-0.4, -0.2) is 28.1 Å². The Labute approximate surface area is 161 Å². The number of hydrogen-bond donors (Lipinski definition) is 1. The highest BCUT2D eigenvalue weighted by Crippen LogP contribution is 2.35. The Balaban J connectivity index is 1.80. The van der Waals surface area contributed by atoms with Crippen LogP contribution in [0.5, 0.6) is 0 Å². The van der Waals surface area contributed by atoms with E-state index in [1.807, 2.05) is 32.9 Å². The number of ether oxygens (including phenoxy) is 1. The van der Waals surface area contributed by atoms with Crippen molar-refractivity contribution in [3.8, 4) is 0 Å². The summed E-state index contributed by atoms with van der Waals surface area (Å²) in [6, 6.07) is 14.8. The first-order valence-electron chi connectivity index (χ1n) is 9.65. The normalized spacial score (nSPS) is 18.1. The first-order valence-corrected chi connectivity index (χ1v) is 9.65. The molecular weight excluding hydrogens is 338 g/mol. The van der Waals surface area contributed by atoms with Crippen molar-refractivity contribution in [3.05, 3.63) is 59.8 Å². The van der Waals surface area contributed by atoms with Crippen LogP contribution in [0.25, 0.3) is 0 Å². The van der Waals surface area contributed by atoms with Crippen LogP contribution in [0.1, 0.15) is 57.2 Å². The van der Waals surface area contributed by atoms with Gasteiger partial charge in [0.15, 0.2) is 0 Å². The van der Waals surface area contributed by atoms with Gasteiger partial charge < -0.3 is 4.74 Å². The molecule has 1 aromatic carbocycles. The molecule has 1 fully saturated rings. The number of hydrogen-bond acceptors (Lipinski definition) is 4. The smallest absolute Gasteiger partial charge is 0.413 e. The van der Waals surface area contributed by atoms with Crippen molar-refractivity contribution in [1.29, 1.82) is 0 Å². The van der Waals surface area contributed by atoms with E-state index in [1.165, 1.54) is 18.4 Å². The molecule has 1 atom stereocenters. The van der Waals surface area contributed by atoms with Crippen molar-refractivity contribution in [2.24, 2.45) is 0 Å². The summed E-state index contributed by atoms with van der Waals surface area (Å²) >= 11 is 0. The topological polar surface area (TPSA) is 54.5 Å². The zero-order chi connectivity index (χ0) is 19.3. The Morgan fingerprint density at radius 2 is 1.96 bits per heavy atom. The third kappa shape index (κ3) is 5.54. The molecule has 1 aliphatic heterocycles. The number of pyridine rings is 1. The molecule has 1 N–H and O–H groups in total. The van der Waals surface area contributed by atoms with E-state index in [-0.39, 0.29) is 6.04 Å². The van der Waals surface area contributed by atoms with Gasteiger partial charge in [0, 0.05) is 24.3 Å². The van der Waals surface area contributed by atoms with Crippen LogP contribution in [0.4, 0.5) is 10.6 Å². The number of likely N-dealkylation sites (tertiary alicyclic amines) is 1. The monoisotopic (exact) mass is 367 g/mol. The molecule has 1 aromatic heterocycles. The van der Waals surface area contributed by atoms with Crippen LogP contribution in [0.15, 0.2) is 48.7 Å². The van der Waals surface area contributed by atoms with Crippen LogP contribution in [0, 0.1) is 0 Å². The summed E-state index contributed by atoms with van der Waals surface area (Å²) in [6.45, 7) is 7.50. The molecule has 0 unspecified atom stereocenters. The highest BCUT2D eigenvalue weighted by atomic mass is 16.6. The third-order valence-electron chi connectivity index (χ3n) is 4.66. The van der Waals surface area contributed by atoms with Gasteiger partial charge in [-0.15, -0.1) is 0 Å². The van der Waals surface area contributed by atoms with Crippen LogP contribution >= 0.6 is 0 Å². The molecule has 0 saturated carbocycles. The van der Waals surface area contributed by atoms with E-state index in [2.05, 4.69) is 45.5 Å². The first kappa shape index (κ1) is 19.4. The summed E-state index contributed by atoms with van der Waals surface area (Å²) < 4.78 is 5.40. The lowest BCUT2D eigenvalue weighted by Crippen LogP contribution is -2.34. The van der Waals surface area contributed by atoms with Crippen molar-refractivity contribution in [2.75, 3.05) is 11.9 Å². The number of amides is 1. The molecule has 0 aliphatic carbocycles. The summed E-state index contributed by atoms with van der Waals surface area (Å²) in [6.07, 6.45) is 4.67. The average Bonchev–Trinajstić information content (AvgIpc) is 2.62. The molecule has 5 heteroatoms. The fraction of sp³-hybridized carbons (Fsp3) is 0.455. The van der Waals surface area contributed by atoms with Gasteiger partial charge in [0.25, 0.3) is 0 Å². The minimum absolute atomic E-state index is 0.234. The Morgan fingerprint density at radius 1 is 1.19 bits per heavy atom. The largest absolute Gasteiger partial charge is 0.444 e. The summed E-state index contributed by atoms with van der Waals surface area (Å²) in [5.74, 6) is 0.594. The Morgan fingerprint density at radius 3 is 2.70 bits per heavy atom. The highest BCUT2D eigenvalue weighted by Gasteiger charge is 2.27. The molecule has 1 saturated heterocycles. The molecule has 2 heterocycles. The second-order valence-electron chi connectivity index (χ2n) is 8.04. The summed E-state index contributed by atoms with van der Waals surface area (Å²) in [4.78, 5) is 19.2. The van der Waals surface area contributed by atoms with Crippen LogP contribution < -0.4 is 5.32 Å². The lowest BCUT2D eigenvalue weighted by Gasteiger charge is -2.36. The lowest BCUT2D eigenvalue weighted by molar-refractivity contribution is 0.0634. The SMILES string of the molecule is CC(C)(C)OC(=O)Nc1ncccc1[C@@H]1CCCCN1Cc1ccccc1. The zero-order valence-corrected chi connectivity index (χ0v) is 16.4. The van der Waals surface area contributed by atoms with Gasteiger partial charge in [-0.3, -0.25) is 10.2 Å². The standard InChI is InChI=1S/C22H29N3O2/c1-22(2,3)27-21(26)24-20-18(12-9-14-23-20)19-13-7-8-15-25(19)16-17-10-5-4-6-11-17/h4-6,9-12,14,19H,7-8,13,15-16H2,1-3H3,(H,23,24,26)/t19-/m0/s1. The van der Waals surface area contributed by atoms with Crippen molar-refractivity contribution < 1.29 is 9.53 Å². The van der Waals surface area contributed by atoms with E-state index in [4.69, 9.17) is 4.74 Å². The first-order chi connectivity index (χ1) is 12.9. The number of carbonyl (C=O) groups excluding carboxylic acids is 1. The maximum atomic E-state index is 12.2. The van der Waals surface area contributed by atoms with Gasteiger partial charge >= 0.3 is 6.09 Å². The molecule has 1 amide bonds. The maximum absolute atomic E-state index is 12.2. The van der Waals surface area contributed by atoms with E-state index >= 15 is 0 Å². The van der Waals surface area contributed by atoms with E-state index in [0.29, 0.717) is 5.82 Å². The van der Waals surface area contributed by atoms with E-state index in [9.17, 15) is 4.79 Å². The molecule has 0 radical (unpaired) electrons. The van der Waals surface area contributed by atoms with Gasteiger partial charge in [0.2, 0.25) is 0 Å². The average molecular weight is 367 g/mol. The number of nitrogens with zero attached hydrogens (tertiary/aromatic N) is 2. The highest BCUT2D eigenvalue weighted by molar-refractivity contribution is 5.84. The summed E-state index contributed by atoms with van der Waals surface area (Å²) in [5, 5.41) is 2.85. The number of anilines is 1. The number of rotatable bonds is 4. The predicted octanol–water partition coefficient (Wildman–Crippen LogP) is 5.16. The van der Waals surface area contributed by atoms with E-state index in [1.54, 1.807) is 6.20 Å².